The Morgan fingerprint density at radius 2 is 1.94 bits per heavy atom. The number of sulfonamides is 1. The first-order chi connectivity index (χ1) is 14.7. The van der Waals surface area contributed by atoms with E-state index in [-0.39, 0.29) is 16.5 Å². The minimum Gasteiger partial charge on any atom is -0.497 e. The van der Waals surface area contributed by atoms with E-state index in [9.17, 15) is 17.6 Å². The van der Waals surface area contributed by atoms with Crippen LogP contribution in [0.2, 0.25) is 0 Å². The average molecular weight is 448 g/mol. The van der Waals surface area contributed by atoms with Crippen molar-refractivity contribution in [3.05, 3.63) is 54.3 Å². The van der Waals surface area contributed by atoms with Gasteiger partial charge in [-0.2, -0.15) is 9.40 Å². The fourth-order valence-corrected chi connectivity index (χ4v) is 4.11. The number of H-pyrrole nitrogens is 1. The van der Waals surface area contributed by atoms with Crippen LogP contribution < -0.4 is 14.8 Å². The largest absolute Gasteiger partial charge is 0.497 e. The summed E-state index contributed by atoms with van der Waals surface area (Å²) in [5, 5.41) is 9.17. The average Bonchev–Trinajstić information content (AvgIpc) is 3.21. The maximum Gasteiger partial charge on any atom is 0.247 e. The Hall–Kier alpha value is -3.44. The van der Waals surface area contributed by atoms with Crippen LogP contribution in [0.25, 0.3) is 11.3 Å². The van der Waals surface area contributed by atoms with Crippen molar-refractivity contribution in [1.29, 1.82) is 0 Å². The molecule has 11 heteroatoms. The molecule has 0 spiro atoms. The van der Waals surface area contributed by atoms with E-state index in [0.29, 0.717) is 17.0 Å². The topological polar surface area (TPSA) is 114 Å². The number of benzene rings is 2. The van der Waals surface area contributed by atoms with Gasteiger partial charge in [0, 0.05) is 24.7 Å². The van der Waals surface area contributed by atoms with E-state index in [1.165, 1.54) is 51.6 Å². The number of ether oxygens (including phenoxy) is 2. The number of anilines is 1. The molecule has 0 aliphatic heterocycles. The number of nitrogens with one attached hydrogen (secondary N) is 2. The van der Waals surface area contributed by atoms with Crippen LogP contribution in [0.1, 0.15) is 0 Å². The Balaban J connectivity index is 1.72. The number of aromatic nitrogens is 2. The van der Waals surface area contributed by atoms with E-state index in [0.717, 1.165) is 4.31 Å². The molecule has 1 aromatic heterocycles. The number of hydrogen-bond donors (Lipinski definition) is 2. The van der Waals surface area contributed by atoms with Gasteiger partial charge in [0.05, 0.1) is 26.5 Å². The molecule has 1 amide bonds. The number of likely N-dealkylation sites (N-methyl/N-ethyl adjacent to an activating group) is 1. The number of halogens is 1. The monoisotopic (exact) mass is 448 g/mol. The predicted molar refractivity (Wildman–Crippen MR) is 112 cm³/mol. The van der Waals surface area contributed by atoms with Gasteiger partial charge in [-0.05, 0) is 24.3 Å². The van der Waals surface area contributed by atoms with Gasteiger partial charge >= 0.3 is 0 Å². The maximum absolute atomic E-state index is 13.4. The van der Waals surface area contributed by atoms with E-state index in [2.05, 4.69) is 15.5 Å². The molecule has 0 saturated heterocycles. The normalized spacial score (nSPS) is 11.4. The van der Waals surface area contributed by atoms with Crippen LogP contribution in [0.15, 0.2) is 53.4 Å². The summed E-state index contributed by atoms with van der Waals surface area (Å²) in [5.41, 5.74) is 1.05. The zero-order chi connectivity index (χ0) is 22.6. The second kappa shape index (κ2) is 9.14. The molecule has 3 aromatic rings. The van der Waals surface area contributed by atoms with Crippen LogP contribution in [-0.4, -0.2) is 56.6 Å². The molecule has 0 fully saturated rings. The summed E-state index contributed by atoms with van der Waals surface area (Å²) in [6.45, 7) is -0.467. The Morgan fingerprint density at radius 3 is 2.61 bits per heavy atom. The van der Waals surface area contributed by atoms with Crippen molar-refractivity contribution >= 4 is 21.7 Å². The third kappa shape index (κ3) is 5.01. The van der Waals surface area contributed by atoms with E-state index >= 15 is 0 Å². The third-order valence-electron chi connectivity index (χ3n) is 4.41. The van der Waals surface area contributed by atoms with Crippen LogP contribution in [-0.2, 0) is 14.8 Å². The fourth-order valence-electron chi connectivity index (χ4n) is 2.81. The van der Waals surface area contributed by atoms with Crippen molar-refractivity contribution in [2.75, 3.05) is 33.1 Å². The first kappa shape index (κ1) is 22.2. The molecule has 9 nitrogen and oxygen atoms in total. The van der Waals surface area contributed by atoms with Gasteiger partial charge in [0.15, 0.2) is 5.82 Å². The number of amides is 1. The minimum absolute atomic E-state index is 0.125. The van der Waals surface area contributed by atoms with Crippen molar-refractivity contribution in [3.8, 4) is 22.8 Å². The minimum atomic E-state index is -4.05. The molecule has 164 valence electrons. The van der Waals surface area contributed by atoms with Crippen molar-refractivity contribution in [1.82, 2.24) is 14.5 Å². The highest BCUT2D eigenvalue weighted by Gasteiger charge is 2.27. The smallest absolute Gasteiger partial charge is 0.247 e. The lowest BCUT2D eigenvalue weighted by Crippen LogP contribution is -2.35. The molecule has 0 atom stereocenters. The number of aromatic amines is 1. The Labute approximate surface area is 178 Å². The molecule has 31 heavy (non-hydrogen) atoms. The van der Waals surface area contributed by atoms with Gasteiger partial charge in [0.25, 0.3) is 0 Å². The number of carbonyl (C=O) groups is 1. The molecule has 2 N–H and O–H groups in total. The molecule has 0 unspecified atom stereocenters. The van der Waals surface area contributed by atoms with Crippen LogP contribution in [0.3, 0.4) is 0 Å². The van der Waals surface area contributed by atoms with E-state index in [4.69, 9.17) is 9.47 Å². The zero-order valence-electron chi connectivity index (χ0n) is 17.0. The number of carbonyl (C=O) groups excluding carboxylic acids is 1. The van der Waals surface area contributed by atoms with Crippen LogP contribution in [0.5, 0.6) is 11.5 Å². The van der Waals surface area contributed by atoms with Gasteiger partial charge in [0.2, 0.25) is 15.9 Å². The summed E-state index contributed by atoms with van der Waals surface area (Å²) >= 11 is 0. The van der Waals surface area contributed by atoms with Crippen LogP contribution >= 0.6 is 0 Å². The lowest BCUT2D eigenvalue weighted by atomic mass is 10.1. The molecule has 0 bridgehead atoms. The number of hydrogen-bond acceptors (Lipinski definition) is 6. The summed E-state index contributed by atoms with van der Waals surface area (Å²) < 4.78 is 50.4. The summed E-state index contributed by atoms with van der Waals surface area (Å²) in [6, 6.07) is 11.8. The maximum atomic E-state index is 13.4. The third-order valence-corrected chi connectivity index (χ3v) is 6.23. The molecule has 3 rings (SSSR count). The molecular weight excluding hydrogens is 427 g/mol. The standard InChI is InChI=1S/C20H21FN4O5S/c1-25(31(27,28)18-10-15(29-2)7-8-17(18)30-3)12-20(26)22-19-11-16(23-24-19)13-5-4-6-14(21)9-13/h4-11H,12H2,1-3H3,(H2,22,23,24,26). The second-order valence-corrected chi connectivity index (χ2v) is 8.52. The molecular formula is C20H21FN4O5S. The van der Waals surface area contributed by atoms with Crippen LogP contribution in [0.4, 0.5) is 10.2 Å². The number of rotatable bonds is 8. The highest BCUT2D eigenvalue weighted by atomic mass is 32.2. The van der Waals surface area contributed by atoms with Crippen molar-refractivity contribution < 1.29 is 27.1 Å². The van der Waals surface area contributed by atoms with Gasteiger partial charge < -0.3 is 14.8 Å². The lowest BCUT2D eigenvalue weighted by Gasteiger charge is -2.18. The summed E-state index contributed by atoms with van der Waals surface area (Å²) in [5.74, 6) is -0.379. The van der Waals surface area contributed by atoms with Crippen LogP contribution in [0, 0.1) is 5.82 Å². The zero-order valence-corrected chi connectivity index (χ0v) is 17.9. The quantitative estimate of drug-likeness (QED) is 0.547. The molecule has 0 aliphatic rings. The summed E-state index contributed by atoms with van der Waals surface area (Å²) in [7, 11) is -0.00972. The SMILES string of the molecule is COc1ccc(OC)c(S(=O)(=O)N(C)CC(=O)Nc2cc(-c3cccc(F)c3)[nH]n2)c1. The molecule has 1 heterocycles. The fraction of sp³-hybridized carbons (Fsp3) is 0.200. The van der Waals surface area contributed by atoms with Gasteiger partial charge in [-0.3, -0.25) is 9.89 Å². The Morgan fingerprint density at radius 1 is 1.16 bits per heavy atom. The first-order valence-electron chi connectivity index (χ1n) is 9.04. The highest BCUT2D eigenvalue weighted by Crippen LogP contribution is 2.30. The molecule has 0 saturated carbocycles. The van der Waals surface area contributed by atoms with Gasteiger partial charge in [0.1, 0.15) is 22.2 Å². The van der Waals surface area contributed by atoms with Crippen molar-refractivity contribution in [2.45, 2.75) is 4.90 Å². The molecule has 0 aliphatic carbocycles. The van der Waals surface area contributed by atoms with E-state index in [1.54, 1.807) is 18.2 Å². The summed E-state index contributed by atoms with van der Waals surface area (Å²) in [4.78, 5) is 12.3. The van der Waals surface area contributed by atoms with Gasteiger partial charge in [-0.25, -0.2) is 12.8 Å². The Kier molecular flexibility index (Phi) is 6.56. The number of methoxy groups -OCH3 is 2. The second-order valence-electron chi connectivity index (χ2n) is 6.50. The first-order valence-corrected chi connectivity index (χ1v) is 10.5. The molecule has 0 radical (unpaired) electrons. The lowest BCUT2D eigenvalue weighted by molar-refractivity contribution is -0.116. The summed E-state index contributed by atoms with van der Waals surface area (Å²) in [6.07, 6.45) is 0. The highest BCUT2D eigenvalue weighted by molar-refractivity contribution is 7.89. The predicted octanol–water partition coefficient (Wildman–Crippen LogP) is 2.49. The molecule has 2 aromatic carbocycles. The van der Waals surface area contributed by atoms with Gasteiger partial charge in [-0.1, -0.05) is 12.1 Å². The van der Waals surface area contributed by atoms with Crippen molar-refractivity contribution in [3.63, 3.8) is 0 Å². The van der Waals surface area contributed by atoms with E-state index in [1.807, 2.05) is 0 Å². The van der Waals surface area contributed by atoms with Gasteiger partial charge in [-0.15, -0.1) is 0 Å². The number of nitrogens with zero attached hydrogens (tertiary/aromatic N) is 2. The Bertz CT molecular complexity index is 1200. The van der Waals surface area contributed by atoms with Crippen molar-refractivity contribution in [2.24, 2.45) is 0 Å². The van der Waals surface area contributed by atoms with E-state index < -0.39 is 28.3 Å².